The number of esters is 1. The van der Waals surface area contributed by atoms with Crippen molar-refractivity contribution in [3.63, 3.8) is 0 Å². The molecule has 0 unspecified atom stereocenters. The third-order valence-electron chi connectivity index (χ3n) is 3.77. The Morgan fingerprint density at radius 1 is 1.10 bits per heavy atom. The first-order valence-corrected chi connectivity index (χ1v) is 8.47. The lowest BCUT2D eigenvalue weighted by atomic mass is 10.2. The van der Waals surface area contributed by atoms with E-state index >= 15 is 0 Å². The molecule has 0 spiro atoms. The van der Waals surface area contributed by atoms with Gasteiger partial charge in [0.15, 0.2) is 12.2 Å². The highest BCUT2D eigenvalue weighted by Gasteiger charge is 2.24. The van der Waals surface area contributed by atoms with Gasteiger partial charge in [0, 0.05) is 12.1 Å². The third-order valence-corrected chi connectivity index (χ3v) is 3.77. The Morgan fingerprint density at radius 3 is 2.34 bits per heavy atom. The average molecular weight is 406 g/mol. The Balaban J connectivity index is 1.99. The molecular formula is C19H19FN2O7. The van der Waals surface area contributed by atoms with E-state index in [-0.39, 0.29) is 22.9 Å². The molecule has 0 saturated heterocycles. The van der Waals surface area contributed by atoms with Gasteiger partial charge in [0.25, 0.3) is 11.6 Å². The van der Waals surface area contributed by atoms with Gasteiger partial charge in [-0.2, -0.15) is 0 Å². The molecule has 0 radical (unpaired) electrons. The molecular weight excluding hydrogens is 387 g/mol. The number of methoxy groups -OCH3 is 1. The lowest BCUT2D eigenvalue weighted by Crippen LogP contribution is -2.35. The van der Waals surface area contributed by atoms with Crippen LogP contribution in [0, 0.1) is 15.9 Å². The highest BCUT2D eigenvalue weighted by molar-refractivity contribution is 5.96. The molecule has 154 valence electrons. The molecule has 0 aromatic heterocycles. The standard InChI is InChI=1S/C19H19FN2O7/c1-11(29-19(24)12(2)28-15-7-4-13(20)5-8-15)18(23)21-16-10-14(22(25)26)6-9-17(16)27-3/h4-12H,1-3H3,(H,21,23)/t11-,12-/m1/s1. The molecule has 2 atom stereocenters. The fourth-order valence-corrected chi connectivity index (χ4v) is 2.23. The summed E-state index contributed by atoms with van der Waals surface area (Å²) in [7, 11) is 1.34. The number of nitro benzene ring substituents is 1. The van der Waals surface area contributed by atoms with E-state index in [1.807, 2.05) is 0 Å². The van der Waals surface area contributed by atoms with E-state index in [2.05, 4.69) is 5.32 Å². The smallest absolute Gasteiger partial charge is 0.347 e. The number of amides is 1. The summed E-state index contributed by atoms with van der Waals surface area (Å²) in [6.45, 7) is 2.75. The molecule has 0 fully saturated rings. The first kappa shape index (κ1) is 21.6. The fourth-order valence-electron chi connectivity index (χ4n) is 2.23. The molecule has 2 aromatic carbocycles. The van der Waals surface area contributed by atoms with Gasteiger partial charge in [0.1, 0.15) is 17.3 Å². The summed E-state index contributed by atoms with van der Waals surface area (Å²) in [6.07, 6.45) is -2.27. The average Bonchev–Trinajstić information content (AvgIpc) is 2.69. The zero-order valence-electron chi connectivity index (χ0n) is 15.9. The van der Waals surface area contributed by atoms with Gasteiger partial charge in [0.05, 0.1) is 17.7 Å². The van der Waals surface area contributed by atoms with Crippen LogP contribution < -0.4 is 14.8 Å². The second-order valence-corrected chi connectivity index (χ2v) is 5.92. The van der Waals surface area contributed by atoms with Gasteiger partial charge < -0.3 is 19.5 Å². The zero-order valence-corrected chi connectivity index (χ0v) is 15.9. The van der Waals surface area contributed by atoms with E-state index < -0.39 is 34.8 Å². The maximum atomic E-state index is 12.9. The maximum Gasteiger partial charge on any atom is 0.347 e. The van der Waals surface area contributed by atoms with Crippen LogP contribution in [-0.2, 0) is 14.3 Å². The minimum atomic E-state index is -1.22. The van der Waals surface area contributed by atoms with Crippen molar-refractivity contribution in [1.82, 2.24) is 0 Å². The van der Waals surface area contributed by atoms with Crippen LogP contribution in [0.1, 0.15) is 13.8 Å². The highest BCUT2D eigenvalue weighted by atomic mass is 19.1. The Bertz CT molecular complexity index is 902. The number of anilines is 1. The molecule has 0 bridgehead atoms. The van der Waals surface area contributed by atoms with Crippen LogP contribution in [0.5, 0.6) is 11.5 Å². The van der Waals surface area contributed by atoms with Crippen molar-refractivity contribution in [2.75, 3.05) is 12.4 Å². The summed E-state index contributed by atoms with van der Waals surface area (Å²) in [5.41, 5.74) is -0.183. The van der Waals surface area contributed by atoms with Gasteiger partial charge in [-0.25, -0.2) is 9.18 Å². The molecule has 0 aliphatic heterocycles. The Morgan fingerprint density at radius 2 is 1.76 bits per heavy atom. The van der Waals surface area contributed by atoms with Crippen molar-refractivity contribution in [2.24, 2.45) is 0 Å². The number of nitrogens with zero attached hydrogens (tertiary/aromatic N) is 1. The number of non-ortho nitro benzene ring substituents is 1. The Labute approximate surface area is 165 Å². The minimum absolute atomic E-state index is 0.0604. The second-order valence-electron chi connectivity index (χ2n) is 5.92. The Kier molecular flexibility index (Phi) is 7.07. The van der Waals surface area contributed by atoms with Crippen LogP contribution in [0.2, 0.25) is 0 Å². The lowest BCUT2D eigenvalue weighted by molar-refractivity contribution is -0.384. The van der Waals surface area contributed by atoms with Gasteiger partial charge in [-0.15, -0.1) is 0 Å². The maximum absolute atomic E-state index is 12.9. The zero-order chi connectivity index (χ0) is 21.6. The molecule has 1 amide bonds. The van der Waals surface area contributed by atoms with E-state index in [0.717, 1.165) is 6.07 Å². The monoisotopic (exact) mass is 406 g/mol. The molecule has 10 heteroatoms. The van der Waals surface area contributed by atoms with Crippen molar-refractivity contribution in [1.29, 1.82) is 0 Å². The minimum Gasteiger partial charge on any atom is -0.495 e. The number of nitrogens with one attached hydrogen (secondary N) is 1. The summed E-state index contributed by atoms with van der Waals surface area (Å²) in [6, 6.07) is 8.75. The number of hydrogen-bond donors (Lipinski definition) is 1. The number of carbonyl (C=O) groups is 2. The van der Waals surface area contributed by atoms with Gasteiger partial charge >= 0.3 is 5.97 Å². The van der Waals surface area contributed by atoms with Crippen LogP contribution >= 0.6 is 0 Å². The lowest BCUT2D eigenvalue weighted by Gasteiger charge is -2.18. The number of halogens is 1. The number of benzene rings is 2. The number of ether oxygens (including phenoxy) is 3. The predicted molar refractivity (Wildman–Crippen MR) is 100 cm³/mol. The van der Waals surface area contributed by atoms with Crippen LogP contribution in [0.4, 0.5) is 15.8 Å². The summed E-state index contributed by atoms with van der Waals surface area (Å²) in [5, 5.41) is 13.3. The van der Waals surface area contributed by atoms with Crippen molar-refractivity contribution in [3.8, 4) is 11.5 Å². The highest BCUT2D eigenvalue weighted by Crippen LogP contribution is 2.29. The van der Waals surface area contributed by atoms with Crippen LogP contribution in [0.3, 0.4) is 0 Å². The van der Waals surface area contributed by atoms with Crippen molar-refractivity contribution in [2.45, 2.75) is 26.1 Å². The van der Waals surface area contributed by atoms with E-state index in [1.165, 1.54) is 57.4 Å². The molecule has 2 rings (SSSR count). The molecule has 0 saturated carbocycles. The number of rotatable bonds is 8. The summed E-state index contributed by atoms with van der Waals surface area (Å²) in [4.78, 5) is 34.7. The molecule has 1 N–H and O–H groups in total. The molecule has 0 heterocycles. The third kappa shape index (κ3) is 5.89. The van der Waals surface area contributed by atoms with E-state index in [1.54, 1.807) is 0 Å². The first-order valence-electron chi connectivity index (χ1n) is 8.47. The largest absolute Gasteiger partial charge is 0.495 e. The van der Waals surface area contributed by atoms with Crippen LogP contribution in [-0.4, -0.2) is 36.1 Å². The van der Waals surface area contributed by atoms with Crippen molar-refractivity contribution >= 4 is 23.3 Å². The summed E-state index contributed by atoms with van der Waals surface area (Å²) < 4.78 is 28.4. The molecule has 0 aliphatic rings. The number of nitro groups is 1. The Hall–Kier alpha value is -3.69. The fraction of sp³-hybridized carbons (Fsp3) is 0.263. The predicted octanol–water partition coefficient (Wildman–Crippen LogP) is 3.08. The second kappa shape index (κ2) is 9.49. The number of carbonyl (C=O) groups excluding carboxylic acids is 2. The van der Waals surface area contributed by atoms with E-state index in [9.17, 15) is 24.1 Å². The summed E-state index contributed by atoms with van der Waals surface area (Å²) in [5.74, 6) is -1.52. The van der Waals surface area contributed by atoms with Crippen molar-refractivity contribution in [3.05, 3.63) is 58.4 Å². The molecule has 0 aliphatic carbocycles. The van der Waals surface area contributed by atoms with E-state index in [4.69, 9.17) is 14.2 Å². The van der Waals surface area contributed by atoms with Gasteiger partial charge in [-0.1, -0.05) is 0 Å². The topological polar surface area (TPSA) is 117 Å². The molecule has 9 nitrogen and oxygen atoms in total. The first-order chi connectivity index (χ1) is 13.7. The van der Waals surface area contributed by atoms with Crippen LogP contribution in [0.15, 0.2) is 42.5 Å². The quantitative estimate of drug-likeness (QED) is 0.407. The van der Waals surface area contributed by atoms with Crippen molar-refractivity contribution < 1.29 is 33.1 Å². The number of hydrogen-bond acceptors (Lipinski definition) is 7. The normalized spacial score (nSPS) is 12.4. The molecule has 29 heavy (non-hydrogen) atoms. The van der Waals surface area contributed by atoms with Gasteiger partial charge in [-0.05, 0) is 44.2 Å². The molecule has 2 aromatic rings. The van der Waals surface area contributed by atoms with Gasteiger partial charge in [-0.3, -0.25) is 14.9 Å². The van der Waals surface area contributed by atoms with E-state index in [0.29, 0.717) is 0 Å². The van der Waals surface area contributed by atoms with Crippen LogP contribution in [0.25, 0.3) is 0 Å². The SMILES string of the molecule is COc1ccc([N+](=O)[O-])cc1NC(=O)[C@@H](C)OC(=O)[C@@H](C)Oc1ccc(F)cc1. The van der Waals surface area contributed by atoms with Gasteiger partial charge in [0.2, 0.25) is 0 Å². The summed E-state index contributed by atoms with van der Waals surface area (Å²) >= 11 is 0.